The minimum absolute atomic E-state index is 0.165. The molecule has 4 nitrogen and oxygen atoms in total. The van der Waals surface area contributed by atoms with Crippen LogP contribution in [-0.4, -0.2) is 58.6 Å². The first-order chi connectivity index (χ1) is 9.09. The van der Waals surface area contributed by atoms with Gasteiger partial charge in [-0.05, 0) is 52.5 Å². The largest absolute Gasteiger partial charge is 0.392 e. The van der Waals surface area contributed by atoms with Crippen LogP contribution in [-0.2, 0) is 4.79 Å². The zero-order chi connectivity index (χ0) is 13.8. The van der Waals surface area contributed by atoms with Gasteiger partial charge in [-0.3, -0.25) is 9.69 Å². The summed E-state index contributed by atoms with van der Waals surface area (Å²) in [5.41, 5.74) is 0. The summed E-state index contributed by atoms with van der Waals surface area (Å²) in [6.07, 6.45) is 6.49. The van der Waals surface area contributed by atoms with Crippen LogP contribution in [0.15, 0.2) is 0 Å². The fourth-order valence-corrected chi connectivity index (χ4v) is 3.49. The highest BCUT2D eigenvalue weighted by Crippen LogP contribution is 2.21. The molecule has 110 valence electrons. The van der Waals surface area contributed by atoms with Crippen molar-refractivity contribution < 1.29 is 9.90 Å². The molecule has 1 N–H and O–H groups in total. The quantitative estimate of drug-likeness (QED) is 0.846. The van der Waals surface area contributed by atoms with E-state index in [-0.39, 0.29) is 18.1 Å². The number of nitrogens with zero attached hydrogens (tertiary/aromatic N) is 2. The molecule has 0 aromatic rings. The van der Waals surface area contributed by atoms with Gasteiger partial charge in [0.05, 0.1) is 12.6 Å². The summed E-state index contributed by atoms with van der Waals surface area (Å²) in [6, 6.07) is 0.550. The summed E-state index contributed by atoms with van der Waals surface area (Å²) in [5.74, 6) is 0.250. The molecule has 2 rings (SSSR count). The van der Waals surface area contributed by atoms with E-state index in [4.69, 9.17) is 0 Å². The Morgan fingerprint density at radius 1 is 1.21 bits per heavy atom. The van der Waals surface area contributed by atoms with Gasteiger partial charge in [0.2, 0.25) is 5.91 Å². The molecule has 2 fully saturated rings. The molecule has 0 bridgehead atoms. The van der Waals surface area contributed by atoms with Crippen LogP contribution in [0, 0.1) is 0 Å². The van der Waals surface area contributed by atoms with E-state index < -0.39 is 0 Å². The molecule has 4 heteroatoms. The van der Waals surface area contributed by atoms with E-state index in [1.54, 1.807) is 0 Å². The molecule has 0 radical (unpaired) electrons. The molecule has 2 aliphatic heterocycles. The van der Waals surface area contributed by atoms with Crippen molar-refractivity contribution in [2.24, 2.45) is 0 Å². The highest BCUT2D eigenvalue weighted by atomic mass is 16.3. The average molecular weight is 268 g/mol. The SMILES string of the molecule is C[C@H](O)[C@@H]1CCCCN1CC(=O)N1CCCC[C@@H]1C. The third kappa shape index (κ3) is 3.69. The normalized spacial score (nSPS) is 31.2. The lowest BCUT2D eigenvalue weighted by Crippen LogP contribution is -2.52. The second kappa shape index (κ2) is 6.71. The Hall–Kier alpha value is -0.610. The van der Waals surface area contributed by atoms with E-state index in [9.17, 15) is 9.90 Å². The maximum atomic E-state index is 12.4. The number of hydrogen-bond donors (Lipinski definition) is 1. The molecule has 3 atom stereocenters. The summed E-state index contributed by atoms with van der Waals surface area (Å²) in [6.45, 7) is 6.34. The highest BCUT2D eigenvalue weighted by Gasteiger charge is 2.30. The Balaban J connectivity index is 1.92. The second-order valence-electron chi connectivity index (χ2n) is 6.21. The van der Waals surface area contributed by atoms with Crippen molar-refractivity contribution >= 4 is 5.91 Å². The number of aliphatic hydroxyl groups is 1. The molecule has 0 aromatic heterocycles. The fraction of sp³-hybridized carbons (Fsp3) is 0.933. The van der Waals surface area contributed by atoms with Crippen LogP contribution in [0.3, 0.4) is 0 Å². The third-order valence-corrected chi connectivity index (χ3v) is 4.68. The van der Waals surface area contributed by atoms with Crippen LogP contribution < -0.4 is 0 Å². The van der Waals surface area contributed by atoms with Gasteiger partial charge in [-0.1, -0.05) is 6.42 Å². The summed E-state index contributed by atoms with van der Waals surface area (Å²) in [5, 5.41) is 9.86. The lowest BCUT2D eigenvalue weighted by Gasteiger charge is -2.40. The van der Waals surface area contributed by atoms with Gasteiger partial charge in [0.1, 0.15) is 0 Å². The average Bonchev–Trinajstić information content (AvgIpc) is 2.39. The summed E-state index contributed by atoms with van der Waals surface area (Å²) < 4.78 is 0. The molecule has 2 saturated heterocycles. The molecular weight excluding hydrogens is 240 g/mol. The number of rotatable bonds is 3. The van der Waals surface area contributed by atoms with Gasteiger partial charge in [0.25, 0.3) is 0 Å². The van der Waals surface area contributed by atoms with Crippen molar-refractivity contribution in [2.45, 2.75) is 70.6 Å². The number of hydrogen-bond acceptors (Lipinski definition) is 3. The molecule has 19 heavy (non-hydrogen) atoms. The van der Waals surface area contributed by atoms with Gasteiger partial charge in [0, 0.05) is 18.6 Å². The predicted molar refractivity (Wildman–Crippen MR) is 75.9 cm³/mol. The van der Waals surface area contributed by atoms with Gasteiger partial charge in [-0.15, -0.1) is 0 Å². The molecule has 0 unspecified atom stereocenters. The van der Waals surface area contributed by atoms with E-state index in [1.807, 2.05) is 11.8 Å². The Kier molecular flexibility index (Phi) is 5.22. The summed E-state index contributed by atoms with van der Waals surface area (Å²) >= 11 is 0. The van der Waals surface area contributed by atoms with Gasteiger partial charge in [0.15, 0.2) is 0 Å². The topological polar surface area (TPSA) is 43.8 Å². The zero-order valence-electron chi connectivity index (χ0n) is 12.3. The fourth-order valence-electron chi connectivity index (χ4n) is 3.49. The first-order valence-electron chi connectivity index (χ1n) is 7.81. The second-order valence-corrected chi connectivity index (χ2v) is 6.21. The molecule has 1 amide bonds. The van der Waals surface area contributed by atoms with Crippen LogP contribution >= 0.6 is 0 Å². The highest BCUT2D eigenvalue weighted by molar-refractivity contribution is 5.78. The molecule has 0 saturated carbocycles. The lowest BCUT2D eigenvalue weighted by atomic mass is 9.98. The predicted octanol–water partition coefficient (Wildman–Crippen LogP) is 1.62. The minimum atomic E-state index is -0.341. The van der Waals surface area contributed by atoms with E-state index in [1.165, 1.54) is 12.8 Å². The number of amides is 1. The van der Waals surface area contributed by atoms with Gasteiger partial charge in [-0.25, -0.2) is 0 Å². The minimum Gasteiger partial charge on any atom is -0.392 e. The van der Waals surface area contributed by atoms with Crippen molar-refractivity contribution in [3.05, 3.63) is 0 Å². The standard InChI is InChI=1S/C15H28N2O2/c1-12-7-3-6-10-17(12)15(19)11-16-9-5-4-8-14(16)13(2)18/h12-14,18H,3-11H2,1-2H3/t12-,13-,14-/m0/s1. The third-order valence-electron chi connectivity index (χ3n) is 4.68. The van der Waals surface area contributed by atoms with Crippen molar-refractivity contribution in [3.8, 4) is 0 Å². The summed E-state index contributed by atoms with van der Waals surface area (Å²) in [4.78, 5) is 16.7. The smallest absolute Gasteiger partial charge is 0.236 e. The van der Waals surface area contributed by atoms with Crippen molar-refractivity contribution in [1.29, 1.82) is 0 Å². The van der Waals surface area contributed by atoms with Gasteiger partial charge >= 0.3 is 0 Å². The van der Waals surface area contributed by atoms with E-state index >= 15 is 0 Å². The number of piperidine rings is 2. The van der Waals surface area contributed by atoms with Crippen molar-refractivity contribution in [3.63, 3.8) is 0 Å². The Labute approximate surface area is 116 Å². The first kappa shape index (κ1) is 14.8. The van der Waals surface area contributed by atoms with Crippen LogP contribution in [0.2, 0.25) is 0 Å². The van der Waals surface area contributed by atoms with Gasteiger partial charge in [-0.2, -0.15) is 0 Å². The molecule has 2 heterocycles. The number of carbonyl (C=O) groups is 1. The Morgan fingerprint density at radius 2 is 1.89 bits per heavy atom. The van der Waals surface area contributed by atoms with E-state index in [0.717, 1.165) is 38.8 Å². The molecular formula is C15H28N2O2. The van der Waals surface area contributed by atoms with Crippen molar-refractivity contribution in [1.82, 2.24) is 9.80 Å². The first-order valence-corrected chi connectivity index (χ1v) is 7.81. The molecule has 0 aliphatic carbocycles. The number of likely N-dealkylation sites (tertiary alicyclic amines) is 2. The number of aliphatic hydroxyl groups excluding tert-OH is 1. The number of carbonyl (C=O) groups excluding carboxylic acids is 1. The maximum absolute atomic E-state index is 12.4. The van der Waals surface area contributed by atoms with Crippen LogP contribution in [0.5, 0.6) is 0 Å². The van der Waals surface area contributed by atoms with E-state index in [0.29, 0.717) is 12.6 Å². The lowest BCUT2D eigenvalue weighted by molar-refractivity contribution is -0.137. The zero-order valence-corrected chi connectivity index (χ0v) is 12.3. The summed E-state index contributed by atoms with van der Waals surface area (Å²) in [7, 11) is 0. The maximum Gasteiger partial charge on any atom is 0.236 e. The Bertz CT molecular complexity index is 307. The molecule has 2 aliphatic rings. The van der Waals surface area contributed by atoms with E-state index in [2.05, 4.69) is 11.8 Å². The molecule has 0 spiro atoms. The molecule has 0 aromatic carbocycles. The van der Waals surface area contributed by atoms with Crippen LogP contribution in [0.1, 0.15) is 52.4 Å². The Morgan fingerprint density at radius 3 is 2.58 bits per heavy atom. The van der Waals surface area contributed by atoms with Gasteiger partial charge < -0.3 is 10.0 Å². The van der Waals surface area contributed by atoms with Crippen LogP contribution in [0.25, 0.3) is 0 Å². The van der Waals surface area contributed by atoms with Crippen LogP contribution in [0.4, 0.5) is 0 Å². The monoisotopic (exact) mass is 268 g/mol. The van der Waals surface area contributed by atoms with Crippen molar-refractivity contribution in [2.75, 3.05) is 19.6 Å².